The van der Waals surface area contributed by atoms with Crippen LogP contribution < -0.4 is 10.1 Å². The zero-order valence-corrected chi connectivity index (χ0v) is 13.7. The Morgan fingerprint density at radius 3 is 2.48 bits per heavy atom. The van der Waals surface area contributed by atoms with Gasteiger partial charge in [-0.3, -0.25) is 4.79 Å². The minimum atomic E-state index is -0.127. The number of carbonyl (C=O) groups is 1. The Hall–Kier alpha value is -3.27. The maximum Gasteiger partial charge on any atom is 0.267 e. The summed E-state index contributed by atoms with van der Waals surface area (Å²) in [6.07, 6.45) is 0. The molecule has 1 aromatic heterocycles. The van der Waals surface area contributed by atoms with Gasteiger partial charge in [0.05, 0.1) is 6.54 Å². The van der Waals surface area contributed by atoms with Crippen molar-refractivity contribution in [3.63, 3.8) is 0 Å². The molecule has 3 aromatic carbocycles. The number of rotatable bonds is 5. The maximum atomic E-state index is 12.2. The third-order valence-electron chi connectivity index (χ3n) is 4.15. The van der Waals surface area contributed by atoms with Crippen molar-refractivity contribution >= 4 is 27.6 Å². The first-order valence-electron chi connectivity index (χ1n) is 8.27. The average molecular weight is 330 g/mol. The van der Waals surface area contributed by atoms with E-state index in [1.54, 1.807) is 0 Å². The SMILES string of the molecule is O=C(NCCOc1ccc2ccccc2c1)c1cc2ccccc2[nH]1. The molecular formula is C21H18N2O2. The Balaban J connectivity index is 1.33. The van der Waals surface area contributed by atoms with Gasteiger partial charge in [-0.25, -0.2) is 0 Å². The molecule has 0 aliphatic rings. The van der Waals surface area contributed by atoms with Gasteiger partial charge in [-0.05, 0) is 35.0 Å². The molecule has 4 aromatic rings. The van der Waals surface area contributed by atoms with E-state index < -0.39 is 0 Å². The second kappa shape index (κ2) is 6.69. The van der Waals surface area contributed by atoms with Crippen LogP contribution in [0, 0.1) is 0 Å². The molecule has 0 fully saturated rings. The summed E-state index contributed by atoms with van der Waals surface area (Å²) in [5.74, 6) is 0.678. The van der Waals surface area contributed by atoms with E-state index >= 15 is 0 Å². The van der Waals surface area contributed by atoms with E-state index in [0.29, 0.717) is 18.8 Å². The summed E-state index contributed by atoms with van der Waals surface area (Å²) in [5, 5.41) is 6.22. The number of ether oxygens (including phenoxy) is 1. The van der Waals surface area contributed by atoms with E-state index in [1.165, 1.54) is 5.39 Å². The van der Waals surface area contributed by atoms with Gasteiger partial charge in [-0.2, -0.15) is 0 Å². The van der Waals surface area contributed by atoms with Crippen molar-refractivity contribution < 1.29 is 9.53 Å². The van der Waals surface area contributed by atoms with E-state index in [-0.39, 0.29) is 5.91 Å². The molecule has 0 saturated carbocycles. The largest absolute Gasteiger partial charge is 0.492 e. The Labute approximate surface area is 145 Å². The predicted octanol–water partition coefficient (Wildman–Crippen LogP) is 4.13. The van der Waals surface area contributed by atoms with Crippen LogP contribution in [0.15, 0.2) is 72.8 Å². The van der Waals surface area contributed by atoms with Gasteiger partial charge < -0.3 is 15.0 Å². The zero-order chi connectivity index (χ0) is 17.1. The van der Waals surface area contributed by atoms with Gasteiger partial charge in [-0.15, -0.1) is 0 Å². The van der Waals surface area contributed by atoms with E-state index in [2.05, 4.69) is 22.4 Å². The number of carbonyl (C=O) groups excluding carboxylic acids is 1. The third kappa shape index (κ3) is 3.33. The highest BCUT2D eigenvalue weighted by atomic mass is 16.5. The third-order valence-corrected chi connectivity index (χ3v) is 4.15. The standard InChI is InChI=1S/C21H18N2O2/c24-21(20-14-17-7-3-4-8-19(17)23-20)22-11-12-25-18-10-9-15-5-1-2-6-16(15)13-18/h1-10,13-14,23H,11-12H2,(H,22,24). The summed E-state index contributed by atoms with van der Waals surface area (Å²) in [4.78, 5) is 15.3. The molecule has 0 unspecified atom stereocenters. The lowest BCUT2D eigenvalue weighted by atomic mass is 10.1. The van der Waals surface area contributed by atoms with Crippen LogP contribution in [0.3, 0.4) is 0 Å². The molecule has 4 nitrogen and oxygen atoms in total. The number of aromatic amines is 1. The lowest BCUT2D eigenvalue weighted by Crippen LogP contribution is -2.28. The van der Waals surface area contributed by atoms with E-state index in [4.69, 9.17) is 4.74 Å². The smallest absolute Gasteiger partial charge is 0.267 e. The highest BCUT2D eigenvalue weighted by Crippen LogP contribution is 2.20. The van der Waals surface area contributed by atoms with Gasteiger partial charge in [0.25, 0.3) is 5.91 Å². The number of fused-ring (bicyclic) bond motifs is 2. The summed E-state index contributed by atoms with van der Waals surface area (Å²) in [6.45, 7) is 0.866. The van der Waals surface area contributed by atoms with E-state index in [0.717, 1.165) is 22.0 Å². The second-order valence-corrected chi connectivity index (χ2v) is 5.88. The first-order valence-corrected chi connectivity index (χ1v) is 8.27. The zero-order valence-electron chi connectivity index (χ0n) is 13.7. The Kier molecular flexibility index (Phi) is 4.09. The van der Waals surface area contributed by atoms with Gasteiger partial charge in [0, 0.05) is 10.9 Å². The van der Waals surface area contributed by atoms with Crippen molar-refractivity contribution in [3.05, 3.63) is 78.5 Å². The van der Waals surface area contributed by atoms with Crippen molar-refractivity contribution in [1.82, 2.24) is 10.3 Å². The molecule has 0 spiro atoms. The molecule has 4 heteroatoms. The first kappa shape index (κ1) is 15.3. The van der Waals surface area contributed by atoms with Crippen molar-refractivity contribution in [1.29, 1.82) is 0 Å². The highest BCUT2D eigenvalue weighted by molar-refractivity contribution is 5.97. The van der Waals surface area contributed by atoms with Crippen LogP contribution in [0.2, 0.25) is 0 Å². The fourth-order valence-corrected chi connectivity index (χ4v) is 2.88. The molecule has 4 rings (SSSR count). The molecule has 1 heterocycles. The van der Waals surface area contributed by atoms with E-state index in [9.17, 15) is 4.79 Å². The number of amides is 1. The van der Waals surface area contributed by atoms with Gasteiger partial charge in [0.1, 0.15) is 18.1 Å². The minimum absolute atomic E-state index is 0.127. The molecular weight excluding hydrogens is 312 g/mol. The van der Waals surface area contributed by atoms with Crippen LogP contribution in [0.25, 0.3) is 21.7 Å². The van der Waals surface area contributed by atoms with Crippen LogP contribution in [0.1, 0.15) is 10.5 Å². The highest BCUT2D eigenvalue weighted by Gasteiger charge is 2.08. The summed E-state index contributed by atoms with van der Waals surface area (Å²) in [5.41, 5.74) is 1.52. The number of H-pyrrole nitrogens is 1. The molecule has 0 aliphatic heterocycles. The normalized spacial score (nSPS) is 10.9. The Bertz CT molecular complexity index is 1000. The van der Waals surface area contributed by atoms with Gasteiger partial charge in [0.15, 0.2) is 0 Å². The molecule has 0 atom stereocenters. The lowest BCUT2D eigenvalue weighted by Gasteiger charge is -2.08. The fourth-order valence-electron chi connectivity index (χ4n) is 2.88. The van der Waals surface area contributed by atoms with Gasteiger partial charge in [0.2, 0.25) is 0 Å². The minimum Gasteiger partial charge on any atom is -0.492 e. The van der Waals surface area contributed by atoms with Crippen molar-refractivity contribution in [2.75, 3.05) is 13.2 Å². The summed E-state index contributed by atoms with van der Waals surface area (Å²) >= 11 is 0. The monoisotopic (exact) mass is 330 g/mol. The quantitative estimate of drug-likeness (QED) is 0.541. The molecule has 1 amide bonds. The summed E-state index contributed by atoms with van der Waals surface area (Å²) in [6, 6.07) is 23.8. The second-order valence-electron chi connectivity index (χ2n) is 5.88. The number of hydrogen-bond acceptors (Lipinski definition) is 2. The van der Waals surface area contributed by atoms with E-state index in [1.807, 2.05) is 60.7 Å². The lowest BCUT2D eigenvalue weighted by molar-refractivity contribution is 0.0943. The molecule has 0 bridgehead atoms. The molecule has 0 aliphatic carbocycles. The Morgan fingerprint density at radius 2 is 1.64 bits per heavy atom. The van der Waals surface area contributed by atoms with Gasteiger partial charge in [-0.1, -0.05) is 48.5 Å². The number of nitrogens with one attached hydrogen (secondary N) is 2. The predicted molar refractivity (Wildman–Crippen MR) is 100 cm³/mol. The van der Waals surface area contributed by atoms with Crippen molar-refractivity contribution in [2.24, 2.45) is 0 Å². The molecule has 2 N–H and O–H groups in total. The number of hydrogen-bond donors (Lipinski definition) is 2. The molecule has 0 saturated heterocycles. The van der Waals surface area contributed by atoms with Crippen LogP contribution in [0.4, 0.5) is 0 Å². The number of para-hydroxylation sites is 1. The van der Waals surface area contributed by atoms with Crippen molar-refractivity contribution in [3.8, 4) is 5.75 Å². The first-order chi connectivity index (χ1) is 12.3. The summed E-state index contributed by atoms with van der Waals surface area (Å²) < 4.78 is 5.73. The fraction of sp³-hybridized carbons (Fsp3) is 0.0952. The molecule has 25 heavy (non-hydrogen) atoms. The number of benzene rings is 3. The van der Waals surface area contributed by atoms with Crippen LogP contribution in [0.5, 0.6) is 5.75 Å². The Morgan fingerprint density at radius 1 is 0.880 bits per heavy atom. The van der Waals surface area contributed by atoms with Crippen molar-refractivity contribution in [2.45, 2.75) is 0 Å². The topological polar surface area (TPSA) is 54.1 Å². The average Bonchev–Trinajstić information content (AvgIpc) is 3.09. The molecule has 124 valence electrons. The van der Waals surface area contributed by atoms with Crippen LogP contribution in [-0.4, -0.2) is 24.0 Å². The maximum absolute atomic E-state index is 12.2. The van der Waals surface area contributed by atoms with Crippen LogP contribution >= 0.6 is 0 Å². The molecule has 0 radical (unpaired) electrons. The number of aromatic nitrogens is 1. The van der Waals surface area contributed by atoms with Crippen LogP contribution in [-0.2, 0) is 0 Å². The van der Waals surface area contributed by atoms with Gasteiger partial charge >= 0.3 is 0 Å². The summed E-state index contributed by atoms with van der Waals surface area (Å²) in [7, 11) is 0.